The minimum absolute atomic E-state index is 0.0626. The number of carboxylic acids is 1. The van der Waals surface area contributed by atoms with Crippen molar-refractivity contribution in [2.45, 2.75) is 19.8 Å². The Labute approximate surface area is 111 Å². The number of aromatic carboxylic acids is 1. The Balaban J connectivity index is 2.19. The molecule has 0 amide bonds. The zero-order valence-corrected chi connectivity index (χ0v) is 10.6. The van der Waals surface area contributed by atoms with Crippen molar-refractivity contribution in [2.24, 2.45) is 0 Å². The highest BCUT2D eigenvalue weighted by atomic mass is 16.4. The second-order valence-electron chi connectivity index (χ2n) is 4.14. The fraction of sp³-hybridized carbons (Fsp3) is 0.214. The highest BCUT2D eigenvalue weighted by molar-refractivity contribution is 5.85. The van der Waals surface area contributed by atoms with Gasteiger partial charge in [-0.25, -0.2) is 4.79 Å². The summed E-state index contributed by atoms with van der Waals surface area (Å²) in [6, 6.07) is 11.0. The summed E-state index contributed by atoms with van der Waals surface area (Å²) in [5.41, 5.74) is 2.11. The van der Waals surface area contributed by atoms with Crippen LogP contribution in [0.4, 0.5) is 11.5 Å². The lowest BCUT2D eigenvalue weighted by atomic mass is 10.1. The zero-order valence-electron chi connectivity index (χ0n) is 10.6. The van der Waals surface area contributed by atoms with Crippen molar-refractivity contribution in [3.05, 3.63) is 47.7 Å². The van der Waals surface area contributed by atoms with E-state index in [0.717, 1.165) is 18.5 Å². The van der Waals surface area contributed by atoms with Crippen LogP contribution in [0, 0.1) is 0 Å². The van der Waals surface area contributed by atoms with E-state index in [4.69, 9.17) is 5.11 Å². The summed E-state index contributed by atoms with van der Waals surface area (Å²) in [7, 11) is 0. The highest BCUT2D eigenvalue weighted by Crippen LogP contribution is 2.20. The summed E-state index contributed by atoms with van der Waals surface area (Å²) < 4.78 is 0. The Bertz CT molecular complexity index is 567. The molecular formula is C14H15N3O2. The van der Waals surface area contributed by atoms with Crippen molar-refractivity contribution in [3.8, 4) is 0 Å². The smallest absolute Gasteiger partial charge is 0.356 e. The predicted octanol–water partition coefficient (Wildman–Crippen LogP) is 2.87. The van der Waals surface area contributed by atoms with E-state index < -0.39 is 5.97 Å². The first-order valence-electron chi connectivity index (χ1n) is 6.12. The standard InChI is InChI=1S/C14H15N3O2/c1-2-5-10-6-3-4-7-11(10)15-13-9-8-12(14(18)19)16-17-13/h3-4,6-9H,2,5H2,1H3,(H,15,17)(H,18,19). The number of anilines is 2. The minimum atomic E-state index is -1.08. The van der Waals surface area contributed by atoms with Crippen molar-refractivity contribution in [1.29, 1.82) is 0 Å². The number of nitrogens with zero attached hydrogens (tertiary/aromatic N) is 2. The summed E-state index contributed by atoms with van der Waals surface area (Å²) >= 11 is 0. The first kappa shape index (κ1) is 13.0. The number of carbonyl (C=O) groups is 1. The number of nitrogens with one attached hydrogen (secondary N) is 1. The molecule has 1 aromatic heterocycles. The maximum absolute atomic E-state index is 10.7. The first-order valence-corrected chi connectivity index (χ1v) is 6.12. The van der Waals surface area contributed by atoms with Gasteiger partial charge in [-0.3, -0.25) is 0 Å². The Morgan fingerprint density at radius 1 is 1.21 bits per heavy atom. The van der Waals surface area contributed by atoms with Gasteiger partial charge >= 0.3 is 5.97 Å². The molecule has 98 valence electrons. The molecule has 0 unspecified atom stereocenters. The maximum atomic E-state index is 10.7. The van der Waals surface area contributed by atoms with Crippen LogP contribution >= 0.6 is 0 Å². The van der Waals surface area contributed by atoms with Gasteiger partial charge in [0.2, 0.25) is 0 Å². The molecular weight excluding hydrogens is 242 g/mol. The number of para-hydroxylation sites is 1. The summed E-state index contributed by atoms with van der Waals surface area (Å²) in [6.07, 6.45) is 2.03. The van der Waals surface area contributed by atoms with Gasteiger partial charge in [0.25, 0.3) is 0 Å². The lowest BCUT2D eigenvalue weighted by Crippen LogP contribution is -2.04. The van der Waals surface area contributed by atoms with Gasteiger partial charge in [-0.15, -0.1) is 10.2 Å². The topological polar surface area (TPSA) is 75.1 Å². The van der Waals surface area contributed by atoms with E-state index in [-0.39, 0.29) is 5.69 Å². The van der Waals surface area contributed by atoms with Gasteiger partial charge in [0.05, 0.1) is 0 Å². The molecule has 0 aliphatic rings. The van der Waals surface area contributed by atoms with Gasteiger partial charge in [-0.05, 0) is 30.2 Å². The molecule has 5 heteroatoms. The average Bonchev–Trinajstić information content (AvgIpc) is 2.42. The molecule has 19 heavy (non-hydrogen) atoms. The Morgan fingerprint density at radius 3 is 2.63 bits per heavy atom. The van der Waals surface area contributed by atoms with E-state index in [2.05, 4.69) is 28.5 Å². The van der Waals surface area contributed by atoms with Crippen LogP contribution in [0.3, 0.4) is 0 Å². The van der Waals surface area contributed by atoms with E-state index in [1.165, 1.54) is 11.6 Å². The molecule has 0 bridgehead atoms. The van der Waals surface area contributed by atoms with Crippen molar-refractivity contribution in [1.82, 2.24) is 10.2 Å². The fourth-order valence-corrected chi connectivity index (χ4v) is 1.78. The number of hydrogen-bond acceptors (Lipinski definition) is 4. The summed E-state index contributed by atoms with van der Waals surface area (Å²) in [5, 5.41) is 19.4. The van der Waals surface area contributed by atoms with Gasteiger partial charge < -0.3 is 10.4 Å². The molecule has 0 spiro atoms. The van der Waals surface area contributed by atoms with Crippen LogP contribution in [-0.4, -0.2) is 21.3 Å². The van der Waals surface area contributed by atoms with E-state index in [1.807, 2.05) is 18.2 Å². The third-order valence-electron chi connectivity index (χ3n) is 2.68. The van der Waals surface area contributed by atoms with Crippen LogP contribution in [0.25, 0.3) is 0 Å². The third-order valence-corrected chi connectivity index (χ3v) is 2.68. The van der Waals surface area contributed by atoms with Crippen molar-refractivity contribution >= 4 is 17.5 Å². The number of aromatic nitrogens is 2. The molecule has 2 rings (SSSR count). The maximum Gasteiger partial charge on any atom is 0.356 e. The minimum Gasteiger partial charge on any atom is -0.476 e. The molecule has 1 aromatic carbocycles. The van der Waals surface area contributed by atoms with E-state index in [9.17, 15) is 4.79 Å². The summed E-state index contributed by atoms with van der Waals surface area (Å²) in [4.78, 5) is 10.7. The molecule has 2 N–H and O–H groups in total. The van der Waals surface area contributed by atoms with Crippen LogP contribution in [0.2, 0.25) is 0 Å². The van der Waals surface area contributed by atoms with E-state index >= 15 is 0 Å². The second-order valence-corrected chi connectivity index (χ2v) is 4.14. The Kier molecular flexibility index (Phi) is 4.07. The molecule has 1 heterocycles. The lowest BCUT2D eigenvalue weighted by Gasteiger charge is -2.10. The molecule has 0 fully saturated rings. The molecule has 0 saturated heterocycles. The SMILES string of the molecule is CCCc1ccccc1Nc1ccc(C(=O)O)nn1. The Hall–Kier alpha value is -2.43. The van der Waals surface area contributed by atoms with Crippen molar-refractivity contribution in [3.63, 3.8) is 0 Å². The quantitative estimate of drug-likeness (QED) is 0.861. The van der Waals surface area contributed by atoms with Gasteiger partial charge in [-0.1, -0.05) is 31.5 Å². The Morgan fingerprint density at radius 2 is 2.00 bits per heavy atom. The fourth-order valence-electron chi connectivity index (χ4n) is 1.78. The van der Waals surface area contributed by atoms with Gasteiger partial charge in [-0.2, -0.15) is 0 Å². The van der Waals surface area contributed by atoms with Gasteiger partial charge in [0.1, 0.15) is 0 Å². The molecule has 5 nitrogen and oxygen atoms in total. The predicted molar refractivity (Wildman–Crippen MR) is 72.7 cm³/mol. The summed E-state index contributed by atoms with van der Waals surface area (Å²) in [6.45, 7) is 2.12. The average molecular weight is 257 g/mol. The molecule has 0 saturated carbocycles. The molecule has 0 atom stereocenters. The number of rotatable bonds is 5. The van der Waals surface area contributed by atoms with Crippen LogP contribution in [0.1, 0.15) is 29.4 Å². The molecule has 0 aliphatic heterocycles. The van der Waals surface area contributed by atoms with Crippen LogP contribution in [0.5, 0.6) is 0 Å². The van der Waals surface area contributed by atoms with Crippen LogP contribution < -0.4 is 5.32 Å². The van der Waals surface area contributed by atoms with E-state index in [1.54, 1.807) is 6.07 Å². The molecule has 2 aromatic rings. The third kappa shape index (κ3) is 3.28. The molecule has 0 aliphatic carbocycles. The van der Waals surface area contributed by atoms with Crippen molar-refractivity contribution < 1.29 is 9.90 Å². The highest BCUT2D eigenvalue weighted by Gasteiger charge is 2.06. The van der Waals surface area contributed by atoms with Crippen LogP contribution in [0.15, 0.2) is 36.4 Å². The number of aryl methyl sites for hydroxylation is 1. The first-order chi connectivity index (χ1) is 9.20. The van der Waals surface area contributed by atoms with Gasteiger partial charge in [0, 0.05) is 5.69 Å². The summed E-state index contributed by atoms with van der Waals surface area (Å²) in [5.74, 6) is -0.543. The zero-order chi connectivity index (χ0) is 13.7. The monoisotopic (exact) mass is 257 g/mol. The van der Waals surface area contributed by atoms with Crippen molar-refractivity contribution in [2.75, 3.05) is 5.32 Å². The molecule has 0 radical (unpaired) electrons. The number of benzene rings is 1. The largest absolute Gasteiger partial charge is 0.476 e. The second kappa shape index (κ2) is 5.95. The van der Waals surface area contributed by atoms with E-state index in [0.29, 0.717) is 5.82 Å². The normalized spacial score (nSPS) is 10.2. The number of hydrogen-bond donors (Lipinski definition) is 2. The van der Waals surface area contributed by atoms with Crippen LogP contribution in [-0.2, 0) is 6.42 Å². The van der Waals surface area contributed by atoms with Gasteiger partial charge in [0.15, 0.2) is 11.5 Å². The lowest BCUT2D eigenvalue weighted by molar-refractivity contribution is 0.0689. The number of carboxylic acid groups (broad SMARTS) is 1.